The molecule has 0 aliphatic carbocycles. The van der Waals surface area contributed by atoms with Crippen molar-refractivity contribution in [2.45, 2.75) is 130 Å². The molecule has 0 aromatic carbocycles. The summed E-state index contributed by atoms with van der Waals surface area (Å²) in [6.45, 7) is 14.4. The second-order valence-corrected chi connectivity index (χ2v) is 9.56. The molecule has 0 radical (unpaired) electrons. The summed E-state index contributed by atoms with van der Waals surface area (Å²) < 4.78 is 39.0. The topological polar surface area (TPSA) is 44.7 Å². The summed E-state index contributed by atoms with van der Waals surface area (Å²) in [6.07, 6.45) is 18.0. The Morgan fingerprint density at radius 2 is 1.13 bits per heavy atom. The molecule has 2 nitrogen and oxygen atoms in total. The van der Waals surface area contributed by atoms with Gasteiger partial charge in [-0.1, -0.05) is 97.5 Å². The third kappa shape index (κ3) is 16.4. The molecule has 0 aromatic rings. The molecule has 0 aromatic heterocycles. The smallest absolute Gasteiger partial charge is 0.418 e. The first-order chi connectivity index (χ1) is 14.2. The first-order valence-electron chi connectivity index (χ1n) is 12.2. The molecular weight excluding hydrogens is 405 g/mol. The molecule has 0 heterocycles. The van der Waals surface area contributed by atoms with E-state index >= 15 is 0 Å². The monoisotopic (exact) mass is 453 g/mol. The van der Waals surface area contributed by atoms with Gasteiger partial charge in [-0.3, -0.25) is 4.79 Å². The molecule has 0 aliphatic heterocycles. The first kappa shape index (κ1) is 32.3. The van der Waals surface area contributed by atoms with Crippen molar-refractivity contribution in [3.05, 3.63) is 12.2 Å². The van der Waals surface area contributed by atoms with Gasteiger partial charge in [0.1, 0.15) is 5.54 Å². The van der Waals surface area contributed by atoms with Gasteiger partial charge in [-0.2, -0.15) is 0 Å². The van der Waals surface area contributed by atoms with Gasteiger partial charge in [-0.25, -0.2) is 0 Å². The van der Waals surface area contributed by atoms with Gasteiger partial charge in [0.05, 0.1) is 5.41 Å². The summed E-state index contributed by atoms with van der Waals surface area (Å²) in [6, 6.07) is 0. The van der Waals surface area contributed by atoms with Crippen molar-refractivity contribution < 1.29 is 27.8 Å². The zero-order valence-electron chi connectivity index (χ0n) is 20.8. The molecule has 7 heteroatoms. The van der Waals surface area contributed by atoms with Crippen molar-refractivity contribution in [1.29, 1.82) is 0 Å². The van der Waals surface area contributed by atoms with Crippen molar-refractivity contribution in [3.63, 3.8) is 0 Å². The van der Waals surface area contributed by atoms with Crippen molar-refractivity contribution in [2.24, 2.45) is 5.41 Å². The zero-order valence-corrected chi connectivity index (χ0v) is 20.8. The molecule has 0 amide bonds. The fourth-order valence-corrected chi connectivity index (χ4v) is 4.25. The van der Waals surface area contributed by atoms with Crippen molar-refractivity contribution >= 4 is 13.0 Å². The number of hydrogen-bond donors (Lipinski definition) is 1. The van der Waals surface area contributed by atoms with E-state index in [0.717, 1.165) is 19.3 Å². The quantitative estimate of drug-likeness (QED) is 0.103. The molecule has 0 bridgehead atoms. The number of ketones is 1. The molecule has 1 atom stereocenters. The summed E-state index contributed by atoms with van der Waals surface area (Å²) >= 11 is 0. The molecule has 0 saturated carbocycles. The highest BCUT2D eigenvalue weighted by molar-refractivity contribution is 6.50. The van der Waals surface area contributed by atoms with Gasteiger partial charge in [0, 0.05) is 0 Å². The van der Waals surface area contributed by atoms with E-state index in [9.17, 15) is 22.1 Å². The van der Waals surface area contributed by atoms with E-state index in [2.05, 4.69) is 40.0 Å². The largest absolute Gasteiger partial charge is 0.673 e. The van der Waals surface area contributed by atoms with Crippen LogP contribution >= 0.6 is 0 Å². The van der Waals surface area contributed by atoms with Crippen LogP contribution in [0.1, 0.15) is 125 Å². The number of Topliss-reactive ketones (excluding diaryl/α,β-unsaturated/α-hetero) is 1. The standard InChI is InChI=1S/C24H47NO.BF4/c1-7-9-10-11-12-13-14-15-16-17-18-19-20-24(8-2,23(5,6)25)22(26)21(3)4;2-1(3,4)5/h3,7-20,25H2,1-2,4-6H3;/q;-1/p+1. The highest BCUT2D eigenvalue weighted by atomic mass is 19.5. The van der Waals surface area contributed by atoms with Gasteiger partial charge in [-0.05, 0) is 39.2 Å². The van der Waals surface area contributed by atoms with Crippen LogP contribution in [0.4, 0.5) is 17.3 Å². The maximum Gasteiger partial charge on any atom is 0.673 e. The third-order valence-electron chi connectivity index (χ3n) is 6.18. The van der Waals surface area contributed by atoms with Crippen molar-refractivity contribution in [2.75, 3.05) is 0 Å². The van der Waals surface area contributed by atoms with E-state index in [1.165, 1.54) is 70.6 Å². The molecule has 186 valence electrons. The predicted octanol–water partition coefficient (Wildman–Crippen LogP) is 7.94. The molecule has 0 fully saturated rings. The SMILES string of the molecule is C=C(C)C(=O)C(CC)(CCCCCCCCCCCCCC)C(C)(C)[NH3+].F[B-](F)(F)F. The summed E-state index contributed by atoms with van der Waals surface area (Å²) in [4.78, 5) is 12.8. The van der Waals surface area contributed by atoms with E-state index in [1.807, 2.05) is 6.92 Å². The average molecular weight is 453 g/mol. The fourth-order valence-electron chi connectivity index (χ4n) is 4.25. The van der Waals surface area contributed by atoms with Crippen LogP contribution in [0.5, 0.6) is 0 Å². The van der Waals surface area contributed by atoms with E-state index in [-0.39, 0.29) is 16.7 Å². The molecule has 0 aliphatic rings. The summed E-state index contributed by atoms with van der Waals surface area (Å²) in [5.74, 6) is 0.225. The Morgan fingerprint density at radius 1 is 0.806 bits per heavy atom. The van der Waals surface area contributed by atoms with Crippen LogP contribution < -0.4 is 5.73 Å². The van der Waals surface area contributed by atoms with Crippen LogP contribution in [0.25, 0.3) is 0 Å². The third-order valence-corrected chi connectivity index (χ3v) is 6.18. The van der Waals surface area contributed by atoms with Gasteiger partial charge < -0.3 is 23.0 Å². The molecular formula is C24H48BF4NO. The summed E-state index contributed by atoms with van der Waals surface area (Å²) in [5.41, 5.74) is 4.41. The Hall–Kier alpha value is -0.845. The lowest BCUT2D eigenvalue weighted by Crippen LogP contribution is -2.78. The number of halogens is 4. The molecule has 3 N–H and O–H groups in total. The lowest BCUT2D eigenvalue weighted by atomic mass is 9.63. The highest BCUT2D eigenvalue weighted by Gasteiger charge is 2.49. The maximum atomic E-state index is 12.8. The van der Waals surface area contributed by atoms with Gasteiger partial charge >= 0.3 is 7.25 Å². The fraction of sp³-hybridized carbons (Fsp3) is 0.875. The van der Waals surface area contributed by atoms with Crippen LogP contribution in [0.3, 0.4) is 0 Å². The van der Waals surface area contributed by atoms with Crippen LogP contribution in [0, 0.1) is 5.41 Å². The number of carbonyl (C=O) groups is 1. The number of carbonyl (C=O) groups excluding carboxylic acids is 1. The zero-order chi connectivity index (χ0) is 24.6. The summed E-state index contributed by atoms with van der Waals surface area (Å²) in [7, 11) is -6.00. The highest BCUT2D eigenvalue weighted by Crippen LogP contribution is 2.40. The molecule has 0 saturated heterocycles. The molecule has 0 rings (SSSR count). The Bertz CT molecular complexity index is 483. The Morgan fingerprint density at radius 3 is 1.39 bits per heavy atom. The van der Waals surface area contributed by atoms with Gasteiger partial charge in [-0.15, -0.1) is 0 Å². The number of unbranched alkanes of at least 4 members (excludes halogenated alkanes) is 11. The van der Waals surface area contributed by atoms with Crippen molar-refractivity contribution in [3.8, 4) is 0 Å². The Labute approximate surface area is 188 Å². The first-order valence-corrected chi connectivity index (χ1v) is 12.2. The number of allylic oxidation sites excluding steroid dienone is 1. The van der Waals surface area contributed by atoms with Crippen LogP contribution in [-0.4, -0.2) is 18.6 Å². The Kier molecular flexibility index (Phi) is 17.5. The average Bonchev–Trinajstić information content (AvgIpc) is 2.63. The number of hydrogen-bond acceptors (Lipinski definition) is 1. The van der Waals surface area contributed by atoms with E-state index in [0.29, 0.717) is 5.57 Å². The lowest BCUT2D eigenvalue weighted by molar-refractivity contribution is -0.490. The maximum absolute atomic E-state index is 12.8. The van der Waals surface area contributed by atoms with Gasteiger partial charge in [0.2, 0.25) is 0 Å². The lowest BCUT2D eigenvalue weighted by Gasteiger charge is -2.40. The predicted molar refractivity (Wildman–Crippen MR) is 125 cm³/mol. The Balaban J connectivity index is 0. The second-order valence-electron chi connectivity index (χ2n) is 9.56. The normalized spacial score (nSPS) is 13.9. The molecule has 0 spiro atoms. The second kappa shape index (κ2) is 16.7. The van der Waals surface area contributed by atoms with E-state index < -0.39 is 7.25 Å². The van der Waals surface area contributed by atoms with E-state index in [1.54, 1.807) is 0 Å². The minimum absolute atomic E-state index is 0.225. The van der Waals surface area contributed by atoms with Crippen LogP contribution in [-0.2, 0) is 4.79 Å². The molecule has 31 heavy (non-hydrogen) atoms. The number of rotatable bonds is 17. The number of quaternary nitrogens is 1. The minimum atomic E-state index is -6.00. The summed E-state index contributed by atoms with van der Waals surface area (Å²) in [5, 5.41) is 0. The van der Waals surface area contributed by atoms with Crippen LogP contribution in [0.15, 0.2) is 12.2 Å². The van der Waals surface area contributed by atoms with Gasteiger partial charge in [0.15, 0.2) is 5.78 Å². The van der Waals surface area contributed by atoms with Gasteiger partial charge in [0.25, 0.3) is 0 Å². The van der Waals surface area contributed by atoms with E-state index in [4.69, 9.17) is 0 Å². The molecule has 1 unspecified atom stereocenters. The van der Waals surface area contributed by atoms with Crippen LogP contribution in [0.2, 0.25) is 0 Å². The minimum Gasteiger partial charge on any atom is -0.418 e. The van der Waals surface area contributed by atoms with Crippen molar-refractivity contribution in [1.82, 2.24) is 0 Å².